The van der Waals surface area contributed by atoms with Crippen LogP contribution < -0.4 is 18.9 Å². The molecule has 0 spiro atoms. The van der Waals surface area contributed by atoms with Crippen LogP contribution in [0.4, 0.5) is 0 Å². The lowest BCUT2D eigenvalue weighted by molar-refractivity contribution is -0.141. The normalized spacial score (nSPS) is 16.1. The highest BCUT2D eigenvalue weighted by Gasteiger charge is 2.35. The minimum atomic E-state index is -0.623. The van der Waals surface area contributed by atoms with Gasteiger partial charge in [0.15, 0.2) is 23.0 Å². The van der Waals surface area contributed by atoms with Crippen LogP contribution in [0.3, 0.4) is 0 Å². The number of hydrogen-bond donors (Lipinski definition) is 0. The molecule has 0 fully saturated rings. The number of unbranched alkanes of at least 4 members (excludes halogenated alkanes) is 1. The molecule has 2 amide bonds. The minimum absolute atomic E-state index is 0.00235. The Bertz CT molecular complexity index is 1270. The molecule has 2 aromatic carbocycles. The van der Waals surface area contributed by atoms with Gasteiger partial charge in [-0.3, -0.25) is 14.5 Å². The molecule has 2 heterocycles. The van der Waals surface area contributed by atoms with E-state index in [4.69, 9.17) is 18.9 Å². The summed E-state index contributed by atoms with van der Waals surface area (Å²) in [6.07, 6.45) is 3.60. The molecular formula is C27H26N2O6. The molecule has 4 rings (SSSR count). The van der Waals surface area contributed by atoms with Crippen LogP contribution in [-0.4, -0.2) is 37.2 Å². The molecule has 0 saturated heterocycles. The highest BCUT2D eigenvalue weighted by atomic mass is 16.7. The van der Waals surface area contributed by atoms with Gasteiger partial charge in [-0.1, -0.05) is 25.5 Å². The number of carbonyl (C=O) groups excluding carboxylic acids is 2. The van der Waals surface area contributed by atoms with Gasteiger partial charge < -0.3 is 18.9 Å². The number of imide groups is 1. The molecule has 2 aliphatic rings. The predicted octanol–water partition coefficient (Wildman–Crippen LogP) is 4.40. The number of fused-ring (bicyclic) bond motifs is 1. The SMILES string of the molecule is CCCCOc1ccc(/C=C2/C(=O)N(Cc3ccc4c(c3)OCO4)C(=O)C(C#N)=C2C)cc1OC. The Hall–Kier alpha value is -4.25. The summed E-state index contributed by atoms with van der Waals surface area (Å²) in [5.41, 5.74) is 1.91. The van der Waals surface area contributed by atoms with E-state index in [1.165, 1.54) is 0 Å². The van der Waals surface area contributed by atoms with Gasteiger partial charge >= 0.3 is 0 Å². The minimum Gasteiger partial charge on any atom is -0.493 e. The van der Waals surface area contributed by atoms with Crippen LogP contribution in [0, 0.1) is 11.3 Å². The van der Waals surface area contributed by atoms with E-state index in [0.717, 1.165) is 17.7 Å². The maximum Gasteiger partial charge on any atom is 0.271 e. The third-order valence-corrected chi connectivity index (χ3v) is 5.86. The Morgan fingerprint density at radius 1 is 1.09 bits per heavy atom. The number of hydrogen-bond acceptors (Lipinski definition) is 7. The summed E-state index contributed by atoms with van der Waals surface area (Å²) < 4.78 is 22.0. The molecule has 180 valence electrons. The van der Waals surface area contributed by atoms with Crippen LogP contribution in [0.5, 0.6) is 23.0 Å². The summed E-state index contributed by atoms with van der Waals surface area (Å²) in [7, 11) is 1.55. The van der Waals surface area contributed by atoms with Gasteiger partial charge in [-0.25, -0.2) is 0 Å². The Morgan fingerprint density at radius 2 is 1.89 bits per heavy atom. The summed E-state index contributed by atoms with van der Waals surface area (Å²) in [4.78, 5) is 27.5. The van der Waals surface area contributed by atoms with Gasteiger partial charge in [0.25, 0.3) is 11.8 Å². The Kier molecular flexibility index (Phi) is 7.06. The topological polar surface area (TPSA) is 98.1 Å². The van der Waals surface area contributed by atoms with Crippen LogP contribution in [0.15, 0.2) is 53.1 Å². The number of nitriles is 1. The predicted molar refractivity (Wildman–Crippen MR) is 128 cm³/mol. The summed E-state index contributed by atoms with van der Waals surface area (Å²) in [5, 5.41) is 9.67. The number of ether oxygens (including phenoxy) is 4. The summed E-state index contributed by atoms with van der Waals surface area (Å²) >= 11 is 0. The first-order valence-electron chi connectivity index (χ1n) is 11.4. The number of carbonyl (C=O) groups is 2. The van der Waals surface area contributed by atoms with E-state index in [1.807, 2.05) is 12.1 Å². The molecular weight excluding hydrogens is 448 g/mol. The van der Waals surface area contributed by atoms with Gasteiger partial charge in [0.2, 0.25) is 6.79 Å². The molecule has 0 radical (unpaired) electrons. The zero-order valence-electron chi connectivity index (χ0n) is 19.9. The van der Waals surface area contributed by atoms with Crippen molar-refractivity contribution >= 4 is 17.9 Å². The molecule has 0 unspecified atom stereocenters. The molecule has 0 aliphatic carbocycles. The lowest BCUT2D eigenvalue weighted by atomic mass is 9.93. The quantitative estimate of drug-likeness (QED) is 0.318. The first kappa shape index (κ1) is 23.9. The molecule has 0 atom stereocenters. The maximum atomic E-state index is 13.4. The van der Waals surface area contributed by atoms with Crippen molar-refractivity contribution in [1.29, 1.82) is 5.26 Å². The number of rotatable bonds is 8. The third-order valence-electron chi connectivity index (χ3n) is 5.86. The molecule has 0 bridgehead atoms. The van der Waals surface area contributed by atoms with Crippen LogP contribution in [0.2, 0.25) is 0 Å². The molecule has 2 aromatic rings. The van der Waals surface area contributed by atoms with Crippen LogP contribution in [0.1, 0.15) is 37.8 Å². The Labute approximate surface area is 204 Å². The maximum absolute atomic E-state index is 13.4. The van der Waals surface area contributed by atoms with E-state index in [2.05, 4.69) is 6.92 Å². The lowest BCUT2D eigenvalue weighted by Crippen LogP contribution is -2.42. The number of benzene rings is 2. The molecule has 8 heteroatoms. The summed E-state index contributed by atoms with van der Waals surface area (Å²) in [6.45, 7) is 4.40. The average molecular weight is 475 g/mol. The number of nitrogens with zero attached hydrogens (tertiary/aromatic N) is 2. The lowest BCUT2D eigenvalue weighted by Gasteiger charge is -2.27. The first-order chi connectivity index (χ1) is 17.0. The van der Waals surface area contributed by atoms with E-state index in [1.54, 1.807) is 50.4 Å². The van der Waals surface area contributed by atoms with Crippen molar-refractivity contribution < 1.29 is 28.5 Å². The standard InChI is InChI=1S/C27H26N2O6/c1-4-5-10-33-22-8-6-18(12-24(22)32-3)11-20-17(2)21(14-28)27(31)29(26(20)30)15-19-7-9-23-25(13-19)35-16-34-23/h6-9,11-13H,4-5,10,15-16H2,1-3H3/b20-11+. The zero-order valence-corrected chi connectivity index (χ0v) is 19.9. The van der Waals surface area contributed by atoms with Crippen molar-refractivity contribution in [2.75, 3.05) is 20.5 Å². The number of amides is 2. The van der Waals surface area contributed by atoms with Gasteiger partial charge in [-0.2, -0.15) is 5.26 Å². The van der Waals surface area contributed by atoms with Gasteiger partial charge in [0.1, 0.15) is 11.6 Å². The highest BCUT2D eigenvalue weighted by Crippen LogP contribution is 2.35. The van der Waals surface area contributed by atoms with Crippen molar-refractivity contribution in [3.05, 3.63) is 64.2 Å². The second kappa shape index (κ2) is 10.3. The van der Waals surface area contributed by atoms with Crippen molar-refractivity contribution in [2.45, 2.75) is 33.2 Å². The second-order valence-electron chi connectivity index (χ2n) is 8.17. The van der Waals surface area contributed by atoms with Crippen LogP contribution in [-0.2, 0) is 16.1 Å². The molecule has 2 aliphatic heterocycles. The monoisotopic (exact) mass is 474 g/mol. The number of methoxy groups -OCH3 is 1. The molecule has 8 nitrogen and oxygen atoms in total. The van der Waals surface area contributed by atoms with Gasteiger partial charge in [0, 0.05) is 5.57 Å². The van der Waals surface area contributed by atoms with Crippen LogP contribution >= 0.6 is 0 Å². The van der Waals surface area contributed by atoms with Gasteiger partial charge in [-0.15, -0.1) is 0 Å². The fraction of sp³-hybridized carbons (Fsp3) is 0.296. The van der Waals surface area contributed by atoms with E-state index in [-0.39, 0.29) is 24.5 Å². The Balaban J connectivity index is 1.66. The van der Waals surface area contributed by atoms with E-state index in [9.17, 15) is 14.9 Å². The smallest absolute Gasteiger partial charge is 0.271 e. The fourth-order valence-corrected chi connectivity index (χ4v) is 3.88. The zero-order chi connectivity index (χ0) is 24.9. The highest BCUT2D eigenvalue weighted by molar-refractivity contribution is 6.19. The summed E-state index contributed by atoms with van der Waals surface area (Å²) in [6, 6.07) is 12.5. The molecule has 0 N–H and O–H groups in total. The Morgan fingerprint density at radius 3 is 2.63 bits per heavy atom. The van der Waals surface area contributed by atoms with Gasteiger partial charge in [-0.05, 0) is 60.4 Å². The van der Waals surface area contributed by atoms with Crippen molar-refractivity contribution in [2.24, 2.45) is 0 Å². The van der Waals surface area contributed by atoms with Crippen molar-refractivity contribution in [3.8, 4) is 29.1 Å². The summed E-state index contributed by atoms with van der Waals surface area (Å²) in [5.74, 6) is 1.20. The van der Waals surface area contributed by atoms with E-state index >= 15 is 0 Å². The fourth-order valence-electron chi connectivity index (χ4n) is 3.88. The van der Waals surface area contributed by atoms with Gasteiger partial charge in [0.05, 0.1) is 20.3 Å². The van der Waals surface area contributed by atoms with Crippen LogP contribution in [0.25, 0.3) is 6.08 Å². The largest absolute Gasteiger partial charge is 0.493 e. The average Bonchev–Trinajstić information content (AvgIpc) is 3.33. The van der Waals surface area contributed by atoms with E-state index in [0.29, 0.717) is 46.3 Å². The van der Waals surface area contributed by atoms with Crippen molar-refractivity contribution in [3.63, 3.8) is 0 Å². The van der Waals surface area contributed by atoms with Crippen molar-refractivity contribution in [1.82, 2.24) is 4.90 Å². The third kappa shape index (κ3) is 4.85. The molecule has 0 aromatic heterocycles. The molecule has 35 heavy (non-hydrogen) atoms. The first-order valence-corrected chi connectivity index (χ1v) is 11.4. The van der Waals surface area contributed by atoms with E-state index < -0.39 is 11.8 Å². The molecule has 0 saturated carbocycles. The second-order valence-corrected chi connectivity index (χ2v) is 8.17.